The van der Waals surface area contributed by atoms with Crippen molar-refractivity contribution in [2.45, 2.75) is 24.9 Å². The number of hydrogen-bond donors (Lipinski definition) is 3. The first-order chi connectivity index (χ1) is 10.0. The van der Waals surface area contributed by atoms with E-state index in [-0.39, 0.29) is 25.2 Å². The Bertz CT molecular complexity index is 605. The van der Waals surface area contributed by atoms with Gasteiger partial charge in [-0.05, 0) is 0 Å². The number of nitrogen functional groups attached to an aromatic ring is 1. The van der Waals surface area contributed by atoms with E-state index in [2.05, 4.69) is 4.98 Å². The first-order valence-electron chi connectivity index (χ1n) is 6.22. The molecule has 0 aliphatic carbocycles. The van der Waals surface area contributed by atoms with Crippen LogP contribution in [0, 0.1) is 0 Å². The third-order valence-corrected chi connectivity index (χ3v) is 3.23. The molecule has 0 aromatic carbocycles. The average molecular weight is 303 g/mol. The summed E-state index contributed by atoms with van der Waals surface area (Å²) in [5.74, 6) is -0.0652. The van der Waals surface area contributed by atoms with Gasteiger partial charge in [0.15, 0.2) is 12.4 Å². The molecule has 9 heteroatoms. The summed E-state index contributed by atoms with van der Waals surface area (Å²) in [6.07, 6.45) is -3.09. The van der Waals surface area contributed by atoms with Gasteiger partial charge >= 0.3 is 5.69 Å². The summed E-state index contributed by atoms with van der Waals surface area (Å²) in [5, 5.41) is 17.9. The van der Waals surface area contributed by atoms with Crippen LogP contribution in [-0.4, -0.2) is 45.3 Å². The number of alkyl halides is 1. The molecule has 2 rings (SSSR count). The summed E-state index contributed by atoms with van der Waals surface area (Å²) in [6.45, 7) is -0.887. The SMILES string of the molecule is Nc1nc(=O)n(C2OC(CO)C(F)/C2=C\F)cc1CCO. The maximum atomic E-state index is 13.9. The van der Waals surface area contributed by atoms with Gasteiger partial charge in [0.2, 0.25) is 0 Å². The van der Waals surface area contributed by atoms with Gasteiger partial charge in [0.25, 0.3) is 0 Å². The first kappa shape index (κ1) is 15.5. The minimum absolute atomic E-state index is 0.0134. The summed E-state index contributed by atoms with van der Waals surface area (Å²) < 4.78 is 32.8. The zero-order chi connectivity index (χ0) is 15.6. The van der Waals surface area contributed by atoms with E-state index in [1.165, 1.54) is 6.20 Å². The van der Waals surface area contributed by atoms with Crippen LogP contribution >= 0.6 is 0 Å². The number of rotatable bonds is 4. The number of nitrogens with two attached hydrogens (primary N) is 1. The molecule has 116 valence electrons. The van der Waals surface area contributed by atoms with Crippen molar-refractivity contribution >= 4 is 5.82 Å². The van der Waals surface area contributed by atoms with Crippen LogP contribution in [0.1, 0.15) is 11.8 Å². The van der Waals surface area contributed by atoms with Crippen LogP contribution in [0.3, 0.4) is 0 Å². The summed E-state index contributed by atoms with van der Waals surface area (Å²) in [7, 11) is 0. The number of nitrogens with zero attached hydrogens (tertiary/aromatic N) is 2. The molecule has 1 aliphatic heterocycles. The largest absolute Gasteiger partial charge is 0.396 e. The second-order valence-electron chi connectivity index (χ2n) is 4.54. The molecule has 21 heavy (non-hydrogen) atoms. The molecule has 0 saturated carbocycles. The zero-order valence-corrected chi connectivity index (χ0v) is 10.9. The van der Waals surface area contributed by atoms with E-state index in [0.717, 1.165) is 4.57 Å². The molecule has 1 fully saturated rings. The van der Waals surface area contributed by atoms with Crippen LogP contribution in [0.5, 0.6) is 0 Å². The molecule has 1 aromatic heterocycles. The van der Waals surface area contributed by atoms with E-state index >= 15 is 0 Å². The number of aliphatic hydroxyl groups is 2. The van der Waals surface area contributed by atoms with Crippen LogP contribution in [0.2, 0.25) is 0 Å². The first-order valence-corrected chi connectivity index (χ1v) is 6.22. The van der Waals surface area contributed by atoms with E-state index < -0.39 is 36.4 Å². The van der Waals surface area contributed by atoms with Crippen molar-refractivity contribution in [3.8, 4) is 0 Å². The van der Waals surface area contributed by atoms with Crippen LogP contribution in [0.15, 0.2) is 22.9 Å². The third-order valence-electron chi connectivity index (χ3n) is 3.23. The third kappa shape index (κ3) is 2.80. The Morgan fingerprint density at radius 3 is 2.81 bits per heavy atom. The molecular weight excluding hydrogens is 288 g/mol. The Morgan fingerprint density at radius 2 is 2.24 bits per heavy atom. The van der Waals surface area contributed by atoms with Gasteiger partial charge in [0.1, 0.15) is 11.9 Å². The molecule has 3 atom stereocenters. The lowest BCUT2D eigenvalue weighted by Crippen LogP contribution is -2.29. The number of ether oxygens (including phenoxy) is 1. The Morgan fingerprint density at radius 1 is 1.52 bits per heavy atom. The maximum absolute atomic E-state index is 13.9. The highest BCUT2D eigenvalue weighted by atomic mass is 19.1. The van der Waals surface area contributed by atoms with Gasteiger partial charge in [0.05, 0.1) is 12.9 Å². The smallest absolute Gasteiger partial charge is 0.351 e. The Balaban J connectivity index is 2.46. The standard InChI is InChI=1S/C12H15F2N3O4/c13-3-7-9(14)8(5-19)21-11(7)17-4-6(1-2-18)10(15)16-12(17)20/h3-4,8-9,11,18-19H,1-2,5H2,(H2,15,16,20)/b7-3+. The Labute approximate surface area is 118 Å². The molecule has 2 heterocycles. The Hall–Kier alpha value is -1.84. The van der Waals surface area contributed by atoms with Crippen molar-refractivity contribution in [1.29, 1.82) is 0 Å². The predicted octanol–water partition coefficient (Wildman–Crippen LogP) is -0.559. The lowest BCUT2D eigenvalue weighted by atomic mass is 10.1. The second kappa shape index (κ2) is 6.29. The fourth-order valence-electron chi connectivity index (χ4n) is 2.14. The van der Waals surface area contributed by atoms with Crippen molar-refractivity contribution in [2.24, 2.45) is 0 Å². The minimum Gasteiger partial charge on any atom is -0.396 e. The number of halogens is 2. The van der Waals surface area contributed by atoms with Gasteiger partial charge in [-0.25, -0.2) is 13.6 Å². The number of aliphatic hydroxyl groups excluding tert-OH is 2. The van der Waals surface area contributed by atoms with E-state index in [1.807, 2.05) is 0 Å². The highest BCUT2D eigenvalue weighted by Crippen LogP contribution is 2.35. The number of aromatic nitrogens is 2. The van der Waals surface area contributed by atoms with E-state index in [1.54, 1.807) is 0 Å². The van der Waals surface area contributed by atoms with Crippen LogP contribution < -0.4 is 11.4 Å². The van der Waals surface area contributed by atoms with Crippen molar-refractivity contribution in [1.82, 2.24) is 9.55 Å². The number of anilines is 1. The van der Waals surface area contributed by atoms with E-state index in [0.29, 0.717) is 5.56 Å². The van der Waals surface area contributed by atoms with Crippen LogP contribution in [-0.2, 0) is 11.2 Å². The molecule has 0 radical (unpaired) electrons. The van der Waals surface area contributed by atoms with Crippen LogP contribution in [0.4, 0.5) is 14.6 Å². The van der Waals surface area contributed by atoms with Crippen molar-refractivity contribution in [2.75, 3.05) is 18.9 Å². The van der Waals surface area contributed by atoms with Gasteiger partial charge in [-0.3, -0.25) is 4.57 Å². The highest BCUT2D eigenvalue weighted by molar-refractivity contribution is 5.37. The van der Waals surface area contributed by atoms with Crippen LogP contribution in [0.25, 0.3) is 0 Å². The van der Waals surface area contributed by atoms with E-state index in [9.17, 15) is 13.6 Å². The fourth-order valence-corrected chi connectivity index (χ4v) is 2.14. The van der Waals surface area contributed by atoms with Gasteiger partial charge < -0.3 is 20.7 Å². The quantitative estimate of drug-likeness (QED) is 0.688. The molecule has 0 amide bonds. The molecule has 1 aromatic rings. The summed E-state index contributed by atoms with van der Waals surface area (Å²) in [4.78, 5) is 15.4. The predicted molar refractivity (Wildman–Crippen MR) is 68.8 cm³/mol. The van der Waals surface area contributed by atoms with Crippen molar-refractivity contribution in [3.63, 3.8) is 0 Å². The van der Waals surface area contributed by atoms with Gasteiger partial charge in [0, 0.05) is 30.4 Å². The van der Waals surface area contributed by atoms with E-state index in [4.69, 9.17) is 20.7 Å². The maximum Gasteiger partial charge on any atom is 0.351 e. The van der Waals surface area contributed by atoms with Crippen molar-refractivity contribution in [3.05, 3.63) is 34.1 Å². The molecule has 7 nitrogen and oxygen atoms in total. The van der Waals surface area contributed by atoms with Gasteiger partial charge in [-0.1, -0.05) is 0 Å². The summed E-state index contributed by atoms with van der Waals surface area (Å²) in [5.41, 5.74) is 4.63. The van der Waals surface area contributed by atoms with Gasteiger partial charge in [-0.15, -0.1) is 0 Å². The molecule has 0 spiro atoms. The molecule has 1 aliphatic rings. The normalized spacial score (nSPS) is 27.4. The summed E-state index contributed by atoms with van der Waals surface area (Å²) >= 11 is 0. The minimum atomic E-state index is -1.87. The lowest BCUT2D eigenvalue weighted by Gasteiger charge is -2.16. The van der Waals surface area contributed by atoms with Gasteiger partial charge in [-0.2, -0.15) is 4.98 Å². The molecular formula is C12H15F2N3O4. The second-order valence-corrected chi connectivity index (χ2v) is 4.54. The number of hydrogen-bond acceptors (Lipinski definition) is 6. The average Bonchev–Trinajstić information content (AvgIpc) is 2.78. The lowest BCUT2D eigenvalue weighted by molar-refractivity contribution is -0.0323. The molecule has 0 bridgehead atoms. The fraction of sp³-hybridized carbons (Fsp3) is 0.500. The molecule has 4 N–H and O–H groups in total. The monoisotopic (exact) mass is 303 g/mol. The summed E-state index contributed by atoms with van der Waals surface area (Å²) in [6, 6.07) is 0. The molecule has 1 saturated heterocycles. The topological polar surface area (TPSA) is 111 Å². The molecule has 3 unspecified atom stereocenters. The zero-order valence-electron chi connectivity index (χ0n) is 10.9. The van der Waals surface area contributed by atoms with Crippen molar-refractivity contribution < 1.29 is 23.7 Å². The Kier molecular flexibility index (Phi) is 4.66. The highest BCUT2D eigenvalue weighted by Gasteiger charge is 2.41.